The molecule has 2 aromatic heterocycles. The van der Waals surface area contributed by atoms with Crippen molar-refractivity contribution in [3.05, 3.63) is 70.5 Å². The minimum atomic E-state index is 0.545. The highest BCUT2D eigenvalue weighted by molar-refractivity contribution is 7.09. The lowest BCUT2D eigenvalue weighted by molar-refractivity contribution is 0.412. The number of hydrogen-bond acceptors (Lipinski definition) is 5. The summed E-state index contributed by atoms with van der Waals surface area (Å²) >= 11 is 1.72. The van der Waals surface area contributed by atoms with Gasteiger partial charge in [-0.1, -0.05) is 12.1 Å². The predicted octanol–water partition coefficient (Wildman–Crippen LogP) is 3.81. The molecule has 1 aromatic carbocycles. The molecule has 2 heterocycles. The molecule has 3 aromatic rings. The van der Waals surface area contributed by atoms with Crippen LogP contribution in [0.4, 0.5) is 0 Å². The van der Waals surface area contributed by atoms with Crippen molar-refractivity contribution in [2.45, 2.75) is 13.1 Å². The topological polar surface area (TPSA) is 67.8 Å². The van der Waals surface area contributed by atoms with E-state index in [1.54, 1.807) is 31.7 Å². The third kappa shape index (κ3) is 5.72. The molecular weight excluding hydrogens is 360 g/mol. The van der Waals surface area contributed by atoms with E-state index in [9.17, 15) is 0 Å². The van der Waals surface area contributed by atoms with Gasteiger partial charge in [0.15, 0.2) is 5.96 Å². The van der Waals surface area contributed by atoms with Crippen LogP contribution in [0, 0.1) is 0 Å². The van der Waals surface area contributed by atoms with Crippen molar-refractivity contribution >= 4 is 17.3 Å². The molecule has 7 heteroatoms. The van der Waals surface area contributed by atoms with Crippen molar-refractivity contribution in [1.29, 1.82) is 0 Å². The van der Waals surface area contributed by atoms with E-state index in [1.165, 1.54) is 4.88 Å². The Labute approximate surface area is 162 Å². The van der Waals surface area contributed by atoms with Gasteiger partial charge in [0.25, 0.3) is 0 Å². The first-order valence-electron chi connectivity index (χ1n) is 8.50. The van der Waals surface area contributed by atoms with Crippen LogP contribution in [-0.4, -0.2) is 25.1 Å². The largest absolute Gasteiger partial charge is 0.497 e. The minimum absolute atomic E-state index is 0.545. The first-order chi connectivity index (χ1) is 13.3. The molecule has 2 N–H and O–H groups in total. The molecule has 0 spiro atoms. The van der Waals surface area contributed by atoms with E-state index in [1.807, 2.05) is 42.5 Å². The van der Waals surface area contributed by atoms with E-state index < -0.39 is 0 Å². The maximum absolute atomic E-state index is 5.74. The number of rotatable bonds is 7. The van der Waals surface area contributed by atoms with Gasteiger partial charge in [-0.25, -0.2) is 4.98 Å². The monoisotopic (exact) mass is 382 g/mol. The Kier molecular flexibility index (Phi) is 6.65. The Balaban J connectivity index is 1.49. The Bertz CT molecular complexity index is 847. The van der Waals surface area contributed by atoms with Gasteiger partial charge in [0.05, 0.1) is 13.7 Å². The third-order valence-electron chi connectivity index (χ3n) is 3.77. The van der Waals surface area contributed by atoms with Crippen molar-refractivity contribution in [3.63, 3.8) is 0 Å². The molecule has 0 unspecified atom stereocenters. The van der Waals surface area contributed by atoms with E-state index in [0.717, 1.165) is 23.8 Å². The van der Waals surface area contributed by atoms with E-state index in [0.29, 0.717) is 18.2 Å². The van der Waals surface area contributed by atoms with Gasteiger partial charge in [-0.15, -0.1) is 11.3 Å². The highest BCUT2D eigenvalue weighted by atomic mass is 32.1. The number of thiophene rings is 1. The van der Waals surface area contributed by atoms with Gasteiger partial charge in [0.1, 0.15) is 11.5 Å². The predicted molar refractivity (Wildman–Crippen MR) is 109 cm³/mol. The molecule has 0 bridgehead atoms. The highest BCUT2D eigenvalue weighted by Gasteiger charge is 2.02. The van der Waals surface area contributed by atoms with E-state index in [-0.39, 0.29) is 0 Å². The number of guanidine groups is 1. The number of benzene rings is 1. The maximum atomic E-state index is 5.74. The smallest absolute Gasteiger partial charge is 0.219 e. The van der Waals surface area contributed by atoms with Gasteiger partial charge in [-0.2, -0.15) is 0 Å². The average Bonchev–Trinajstić information content (AvgIpc) is 3.23. The fourth-order valence-electron chi connectivity index (χ4n) is 2.33. The number of pyridine rings is 1. The molecule has 27 heavy (non-hydrogen) atoms. The molecule has 0 radical (unpaired) electrons. The van der Waals surface area contributed by atoms with E-state index in [4.69, 9.17) is 9.47 Å². The number of nitrogens with zero attached hydrogens (tertiary/aromatic N) is 2. The molecule has 0 aliphatic rings. The number of hydrogen-bond donors (Lipinski definition) is 2. The summed E-state index contributed by atoms with van der Waals surface area (Å²) in [5.74, 6) is 2.80. The quantitative estimate of drug-likeness (QED) is 0.480. The molecule has 0 saturated heterocycles. The van der Waals surface area contributed by atoms with E-state index >= 15 is 0 Å². The first kappa shape index (κ1) is 18.7. The van der Waals surface area contributed by atoms with E-state index in [2.05, 4.69) is 32.1 Å². The second-order valence-electron chi connectivity index (χ2n) is 5.64. The lowest BCUT2D eigenvalue weighted by Crippen LogP contribution is -2.36. The molecule has 3 rings (SSSR count). The molecule has 0 amide bonds. The van der Waals surface area contributed by atoms with Crippen molar-refractivity contribution in [1.82, 2.24) is 15.6 Å². The summed E-state index contributed by atoms with van der Waals surface area (Å²) in [6.07, 6.45) is 1.79. The summed E-state index contributed by atoms with van der Waals surface area (Å²) in [6.45, 7) is 1.38. The third-order valence-corrected chi connectivity index (χ3v) is 4.65. The Hall–Kier alpha value is -3.06. The van der Waals surface area contributed by atoms with Crippen LogP contribution in [0.1, 0.15) is 10.4 Å². The van der Waals surface area contributed by atoms with Crippen molar-refractivity contribution in [2.75, 3.05) is 14.2 Å². The Morgan fingerprint density at radius 2 is 1.81 bits per heavy atom. The van der Waals surface area contributed by atoms with Gasteiger partial charge in [-0.05, 0) is 41.3 Å². The zero-order valence-corrected chi connectivity index (χ0v) is 16.1. The highest BCUT2D eigenvalue weighted by Crippen LogP contribution is 2.22. The molecule has 6 nitrogen and oxygen atoms in total. The molecule has 0 fully saturated rings. The number of aliphatic imine (C=N–C) groups is 1. The Morgan fingerprint density at radius 3 is 2.44 bits per heavy atom. The summed E-state index contributed by atoms with van der Waals surface area (Å²) in [4.78, 5) is 9.85. The van der Waals surface area contributed by atoms with Crippen LogP contribution < -0.4 is 20.1 Å². The summed E-state index contributed by atoms with van der Waals surface area (Å²) in [6, 6.07) is 15.4. The van der Waals surface area contributed by atoms with Crippen LogP contribution in [0.2, 0.25) is 0 Å². The standard InChI is InChI=1S/C20H22N4O2S/c1-21-20(24-14-18-4-3-11-27-18)23-13-15-5-10-19(22-12-15)26-17-8-6-16(25-2)7-9-17/h3-12H,13-14H2,1-2H3,(H2,21,23,24). The summed E-state index contributed by atoms with van der Waals surface area (Å²) < 4.78 is 10.9. The molecular formula is C20H22N4O2S. The zero-order chi connectivity index (χ0) is 18.9. The second-order valence-corrected chi connectivity index (χ2v) is 6.67. The van der Waals surface area contributed by atoms with Crippen LogP contribution in [0.3, 0.4) is 0 Å². The van der Waals surface area contributed by atoms with Crippen molar-refractivity contribution < 1.29 is 9.47 Å². The average molecular weight is 382 g/mol. The van der Waals surface area contributed by atoms with Gasteiger partial charge >= 0.3 is 0 Å². The number of ether oxygens (including phenoxy) is 2. The molecule has 0 aliphatic carbocycles. The van der Waals surface area contributed by atoms with Gasteiger partial charge in [0.2, 0.25) is 5.88 Å². The van der Waals surface area contributed by atoms with Crippen LogP contribution in [0.5, 0.6) is 17.4 Å². The molecule has 0 aliphatic heterocycles. The maximum Gasteiger partial charge on any atom is 0.219 e. The van der Waals surface area contributed by atoms with Crippen molar-refractivity contribution in [2.24, 2.45) is 4.99 Å². The van der Waals surface area contributed by atoms with Gasteiger partial charge in [0, 0.05) is 30.7 Å². The molecule has 0 saturated carbocycles. The fraction of sp³-hybridized carbons (Fsp3) is 0.200. The summed E-state index contributed by atoms with van der Waals surface area (Å²) in [7, 11) is 3.39. The lowest BCUT2D eigenvalue weighted by Gasteiger charge is -2.11. The van der Waals surface area contributed by atoms with Crippen LogP contribution in [0.25, 0.3) is 0 Å². The molecule has 0 atom stereocenters. The fourth-order valence-corrected chi connectivity index (χ4v) is 2.98. The second kappa shape index (κ2) is 9.59. The Morgan fingerprint density at radius 1 is 1.04 bits per heavy atom. The minimum Gasteiger partial charge on any atom is -0.497 e. The zero-order valence-electron chi connectivity index (χ0n) is 15.3. The van der Waals surface area contributed by atoms with Crippen LogP contribution in [0.15, 0.2) is 65.1 Å². The number of aromatic nitrogens is 1. The number of nitrogens with one attached hydrogen (secondary N) is 2. The SMILES string of the molecule is CN=C(NCc1ccc(Oc2ccc(OC)cc2)nc1)NCc1cccs1. The van der Waals surface area contributed by atoms with Gasteiger partial charge in [-0.3, -0.25) is 4.99 Å². The normalized spacial score (nSPS) is 11.1. The summed E-state index contributed by atoms with van der Waals surface area (Å²) in [5, 5.41) is 8.63. The first-order valence-corrected chi connectivity index (χ1v) is 9.38. The van der Waals surface area contributed by atoms with Crippen LogP contribution in [-0.2, 0) is 13.1 Å². The summed E-state index contributed by atoms with van der Waals surface area (Å²) in [5.41, 5.74) is 1.04. The molecule has 140 valence electrons. The van der Waals surface area contributed by atoms with Gasteiger partial charge < -0.3 is 20.1 Å². The van der Waals surface area contributed by atoms with Crippen molar-refractivity contribution in [3.8, 4) is 17.4 Å². The lowest BCUT2D eigenvalue weighted by atomic mass is 10.3. The number of methoxy groups -OCH3 is 1. The van der Waals surface area contributed by atoms with Crippen LogP contribution >= 0.6 is 11.3 Å².